The topological polar surface area (TPSA) is 42.7 Å². The Kier molecular flexibility index (Phi) is 3.67. The second-order valence-corrected chi connectivity index (χ2v) is 3.67. The summed E-state index contributed by atoms with van der Waals surface area (Å²) in [4.78, 5) is 1.63. The van der Waals surface area contributed by atoms with Crippen molar-refractivity contribution in [3.05, 3.63) is 54.9 Å². The number of hydrogen-bond acceptors (Lipinski definition) is 3. The van der Waals surface area contributed by atoms with Gasteiger partial charge >= 0.3 is 0 Å². The molecule has 0 fully saturated rings. The Balaban J connectivity index is 2.24. The third-order valence-electron chi connectivity index (χ3n) is 2.48. The summed E-state index contributed by atoms with van der Waals surface area (Å²) < 4.78 is 0. The molecule has 1 heterocycles. The van der Waals surface area contributed by atoms with Gasteiger partial charge in [0.25, 0.3) is 0 Å². The molecule has 0 spiro atoms. The van der Waals surface area contributed by atoms with Crippen LogP contribution in [-0.4, -0.2) is 21.5 Å². The second-order valence-electron chi connectivity index (χ2n) is 3.67. The molecule has 1 aromatic heterocycles. The first-order valence-corrected chi connectivity index (χ1v) is 5.68. The van der Waals surface area contributed by atoms with E-state index in [2.05, 4.69) is 29.0 Å². The highest BCUT2D eigenvalue weighted by molar-refractivity contribution is 5.28. The van der Waals surface area contributed by atoms with Gasteiger partial charge in [-0.25, -0.2) is 0 Å². The molecule has 88 valence electrons. The number of hydrogen-bond donors (Lipinski definition) is 1. The van der Waals surface area contributed by atoms with E-state index in [1.807, 2.05) is 36.4 Å². The SMILES string of the molecule is C=CC(NCC)c1cnn(-c2ccccc2)n1. The van der Waals surface area contributed by atoms with Gasteiger partial charge in [-0.05, 0) is 18.7 Å². The molecule has 0 bridgehead atoms. The Labute approximate surface area is 101 Å². The van der Waals surface area contributed by atoms with Crippen molar-refractivity contribution >= 4 is 0 Å². The van der Waals surface area contributed by atoms with Gasteiger partial charge in [-0.2, -0.15) is 15.0 Å². The fraction of sp³-hybridized carbons (Fsp3) is 0.231. The van der Waals surface area contributed by atoms with Crippen molar-refractivity contribution in [2.24, 2.45) is 0 Å². The van der Waals surface area contributed by atoms with E-state index < -0.39 is 0 Å². The molecular formula is C13H16N4. The number of benzene rings is 1. The molecule has 0 saturated heterocycles. The van der Waals surface area contributed by atoms with Crippen molar-refractivity contribution < 1.29 is 0 Å². The highest BCUT2D eigenvalue weighted by Gasteiger charge is 2.10. The fourth-order valence-electron chi connectivity index (χ4n) is 1.63. The molecule has 4 nitrogen and oxygen atoms in total. The van der Waals surface area contributed by atoms with Gasteiger partial charge in [0.1, 0.15) is 5.69 Å². The van der Waals surface area contributed by atoms with E-state index in [1.54, 1.807) is 11.0 Å². The Morgan fingerprint density at radius 2 is 2.18 bits per heavy atom. The van der Waals surface area contributed by atoms with Crippen LogP contribution < -0.4 is 5.32 Å². The van der Waals surface area contributed by atoms with E-state index in [4.69, 9.17) is 0 Å². The lowest BCUT2D eigenvalue weighted by Crippen LogP contribution is -2.19. The van der Waals surface area contributed by atoms with Crippen LogP contribution in [0.15, 0.2) is 49.2 Å². The molecule has 0 aliphatic heterocycles. The lowest BCUT2D eigenvalue weighted by Gasteiger charge is -2.08. The van der Waals surface area contributed by atoms with Crippen molar-refractivity contribution in [2.75, 3.05) is 6.54 Å². The maximum Gasteiger partial charge on any atom is 0.104 e. The van der Waals surface area contributed by atoms with Crippen molar-refractivity contribution in [3.63, 3.8) is 0 Å². The van der Waals surface area contributed by atoms with Crippen molar-refractivity contribution in [3.8, 4) is 5.69 Å². The van der Waals surface area contributed by atoms with E-state index in [0.29, 0.717) is 0 Å². The summed E-state index contributed by atoms with van der Waals surface area (Å²) in [6, 6.07) is 9.90. The zero-order valence-electron chi connectivity index (χ0n) is 9.87. The molecule has 1 N–H and O–H groups in total. The minimum absolute atomic E-state index is 0.0532. The molecule has 1 atom stereocenters. The highest BCUT2D eigenvalue weighted by Crippen LogP contribution is 2.11. The Morgan fingerprint density at radius 3 is 2.82 bits per heavy atom. The van der Waals surface area contributed by atoms with Crippen LogP contribution in [0.25, 0.3) is 5.69 Å². The first kappa shape index (κ1) is 11.5. The van der Waals surface area contributed by atoms with E-state index in [0.717, 1.165) is 17.9 Å². The van der Waals surface area contributed by atoms with Crippen LogP contribution in [-0.2, 0) is 0 Å². The third kappa shape index (κ3) is 2.60. The van der Waals surface area contributed by atoms with Gasteiger partial charge < -0.3 is 5.32 Å². The minimum Gasteiger partial charge on any atom is -0.306 e. The zero-order valence-corrected chi connectivity index (χ0v) is 9.87. The summed E-state index contributed by atoms with van der Waals surface area (Å²) in [6.07, 6.45) is 3.60. The first-order chi connectivity index (χ1) is 8.35. The van der Waals surface area contributed by atoms with Gasteiger partial charge in [-0.1, -0.05) is 31.2 Å². The monoisotopic (exact) mass is 228 g/mol. The van der Waals surface area contributed by atoms with Crippen molar-refractivity contribution in [2.45, 2.75) is 13.0 Å². The van der Waals surface area contributed by atoms with Crippen LogP contribution in [0.4, 0.5) is 0 Å². The van der Waals surface area contributed by atoms with Gasteiger partial charge in [-0.3, -0.25) is 0 Å². The maximum absolute atomic E-state index is 4.44. The van der Waals surface area contributed by atoms with E-state index in [1.165, 1.54) is 0 Å². The molecule has 4 heteroatoms. The predicted molar refractivity (Wildman–Crippen MR) is 68.0 cm³/mol. The number of para-hydroxylation sites is 1. The molecule has 0 aliphatic rings. The normalized spacial score (nSPS) is 12.3. The molecule has 0 amide bonds. The molecule has 0 aliphatic carbocycles. The van der Waals surface area contributed by atoms with Crippen molar-refractivity contribution in [1.29, 1.82) is 0 Å². The van der Waals surface area contributed by atoms with Gasteiger partial charge in [0.2, 0.25) is 0 Å². The Bertz CT molecular complexity index is 475. The molecule has 17 heavy (non-hydrogen) atoms. The zero-order chi connectivity index (χ0) is 12.1. The number of aromatic nitrogens is 3. The standard InChI is InChI=1S/C13H16N4/c1-3-12(14-4-2)13-10-15-17(16-13)11-8-6-5-7-9-11/h3,5-10,12,14H,1,4H2,2H3. The van der Waals surface area contributed by atoms with Crippen LogP contribution in [0.2, 0.25) is 0 Å². The average molecular weight is 228 g/mol. The molecular weight excluding hydrogens is 212 g/mol. The lowest BCUT2D eigenvalue weighted by atomic mass is 10.2. The van der Waals surface area contributed by atoms with E-state index >= 15 is 0 Å². The smallest absolute Gasteiger partial charge is 0.104 e. The summed E-state index contributed by atoms with van der Waals surface area (Å²) in [5.41, 5.74) is 1.84. The number of nitrogens with zero attached hydrogens (tertiary/aromatic N) is 3. The summed E-state index contributed by atoms with van der Waals surface area (Å²) >= 11 is 0. The molecule has 0 radical (unpaired) electrons. The average Bonchev–Trinajstić information content (AvgIpc) is 2.86. The van der Waals surface area contributed by atoms with E-state index in [-0.39, 0.29) is 6.04 Å². The van der Waals surface area contributed by atoms with Gasteiger partial charge in [0.05, 0.1) is 17.9 Å². The number of nitrogens with one attached hydrogen (secondary N) is 1. The van der Waals surface area contributed by atoms with Gasteiger partial charge in [0, 0.05) is 0 Å². The number of rotatable bonds is 5. The van der Waals surface area contributed by atoms with Crippen LogP contribution in [0, 0.1) is 0 Å². The first-order valence-electron chi connectivity index (χ1n) is 5.68. The molecule has 1 unspecified atom stereocenters. The maximum atomic E-state index is 4.44. The Morgan fingerprint density at radius 1 is 1.41 bits per heavy atom. The summed E-state index contributed by atoms with van der Waals surface area (Å²) in [5.74, 6) is 0. The van der Waals surface area contributed by atoms with Crippen molar-refractivity contribution in [1.82, 2.24) is 20.3 Å². The summed E-state index contributed by atoms with van der Waals surface area (Å²) in [6.45, 7) is 6.72. The predicted octanol–water partition coefficient (Wildman–Crippen LogP) is 2.10. The van der Waals surface area contributed by atoms with E-state index in [9.17, 15) is 0 Å². The van der Waals surface area contributed by atoms with Crippen LogP contribution in [0.5, 0.6) is 0 Å². The molecule has 1 aromatic carbocycles. The second kappa shape index (κ2) is 5.41. The number of likely N-dealkylation sites (N-methyl/N-ethyl adjacent to an activating group) is 1. The Hall–Kier alpha value is -1.94. The fourth-order valence-corrected chi connectivity index (χ4v) is 1.63. The molecule has 2 rings (SSSR count). The van der Waals surface area contributed by atoms with Gasteiger partial charge in [-0.15, -0.1) is 6.58 Å². The van der Waals surface area contributed by atoms with Crippen LogP contribution in [0.3, 0.4) is 0 Å². The minimum atomic E-state index is 0.0532. The third-order valence-corrected chi connectivity index (χ3v) is 2.48. The van der Waals surface area contributed by atoms with Crippen LogP contribution in [0.1, 0.15) is 18.7 Å². The molecule has 0 saturated carbocycles. The lowest BCUT2D eigenvalue weighted by molar-refractivity contribution is 0.621. The quantitative estimate of drug-likeness (QED) is 0.797. The molecule has 2 aromatic rings. The van der Waals surface area contributed by atoms with Gasteiger partial charge in [0.15, 0.2) is 0 Å². The summed E-state index contributed by atoms with van der Waals surface area (Å²) in [5, 5.41) is 12.0. The summed E-state index contributed by atoms with van der Waals surface area (Å²) in [7, 11) is 0. The largest absolute Gasteiger partial charge is 0.306 e. The van der Waals surface area contributed by atoms with Crippen LogP contribution >= 0.6 is 0 Å². The highest BCUT2D eigenvalue weighted by atomic mass is 15.5.